The van der Waals surface area contributed by atoms with Crippen molar-refractivity contribution < 1.29 is 34.8 Å². The fourth-order valence-corrected chi connectivity index (χ4v) is 2.90. The smallest absolute Gasteiger partial charge is 0.200 e. The number of halogens is 6. The summed E-state index contributed by atoms with van der Waals surface area (Å²) in [5.74, 6) is -12.2. The van der Waals surface area contributed by atoms with Crippen molar-refractivity contribution >= 4 is 15.9 Å². The van der Waals surface area contributed by atoms with Crippen LogP contribution in [-0.4, -0.2) is 8.42 Å². The molecule has 0 saturated heterocycles. The second-order valence-corrected chi connectivity index (χ2v) is 6.61. The molecular weight excluding hydrogens is 358 g/mol. The van der Waals surface area contributed by atoms with Crippen molar-refractivity contribution in [3.05, 3.63) is 75.7 Å². The van der Waals surface area contributed by atoms with Gasteiger partial charge in [0.25, 0.3) is 0 Å². The van der Waals surface area contributed by atoms with Crippen molar-refractivity contribution in [3.63, 3.8) is 0 Å². The van der Waals surface area contributed by atoms with Crippen LogP contribution in [0.15, 0.2) is 29.7 Å². The van der Waals surface area contributed by atoms with E-state index in [2.05, 4.69) is 0 Å². The quantitative estimate of drug-likeness (QED) is 0.464. The van der Waals surface area contributed by atoms with Gasteiger partial charge in [-0.05, 0) is 23.8 Å². The summed E-state index contributed by atoms with van der Waals surface area (Å²) < 4.78 is 102. The van der Waals surface area contributed by atoms with Crippen LogP contribution in [0.2, 0.25) is 0 Å². The highest BCUT2D eigenvalue weighted by molar-refractivity contribution is 7.93. The highest BCUT2D eigenvalue weighted by atomic mass is 32.2. The Morgan fingerprint density at radius 2 is 1.21 bits per heavy atom. The van der Waals surface area contributed by atoms with Crippen LogP contribution < -0.4 is 0 Å². The zero-order valence-corrected chi connectivity index (χ0v) is 12.5. The van der Waals surface area contributed by atoms with Crippen LogP contribution in [0, 0.1) is 34.9 Å². The van der Waals surface area contributed by atoms with E-state index in [-0.39, 0.29) is 11.6 Å². The highest BCUT2D eigenvalue weighted by Gasteiger charge is 2.24. The van der Waals surface area contributed by atoms with Crippen LogP contribution in [0.5, 0.6) is 0 Å². The van der Waals surface area contributed by atoms with Gasteiger partial charge in [-0.1, -0.05) is 12.1 Å². The third-order valence-corrected chi connectivity index (χ3v) is 4.25. The molecule has 0 spiro atoms. The van der Waals surface area contributed by atoms with Crippen LogP contribution in [0.25, 0.3) is 6.08 Å². The van der Waals surface area contributed by atoms with Crippen molar-refractivity contribution in [2.75, 3.05) is 0 Å². The van der Waals surface area contributed by atoms with Gasteiger partial charge < -0.3 is 0 Å². The van der Waals surface area contributed by atoms with Crippen LogP contribution in [0.4, 0.5) is 26.3 Å². The number of hydrogen-bond acceptors (Lipinski definition) is 2. The monoisotopic (exact) mass is 366 g/mol. The van der Waals surface area contributed by atoms with E-state index >= 15 is 0 Å². The van der Waals surface area contributed by atoms with E-state index < -0.39 is 56.1 Å². The van der Waals surface area contributed by atoms with E-state index in [1.165, 1.54) is 12.1 Å². The summed E-state index contributed by atoms with van der Waals surface area (Å²) >= 11 is 0. The van der Waals surface area contributed by atoms with Crippen LogP contribution in [-0.2, 0) is 15.6 Å². The third kappa shape index (κ3) is 3.78. The fraction of sp³-hybridized carbons (Fsp3) is 0.0667. The predicted molar refractivity (Wildman–Crippen MR) is 74.3 cm³/mol. The Kier molecular flexibility index (Phi) is 5.02. The standard InChI is InChI=1S/C15H8F6O2S/c16-9-3-1-8(2-4-9)7-24(22,23)6-5-10-11(17)13(19)15(21)14(20)12(10)18/h1-6H,7H2/b6-5+. The highest BCUT2D eigenvalue weighted by Crippen LogP contribution is 2.24. The second kappa shape index (κ2) is 6.68. The molecule has 0 aliphatic heterocycles. The zero-order chi connectivity index (χ0) is 18.1. The van der Waals surface area contributed by atoms with E-state index in [1.54, 1.807) is 0 Å². The lowest BCUT2D eigenvalue weighted by Crippen LogP contribution is -2.05. The molecule has 0 fully saturated rings. The number of sulfone groups is 1. The van der Waals surface area contributed by atoms with Gasteiger partial charge in [0.2, 0.25) is 5.82 Å². The second-order valence-electron chi connectivity index (χ2n) is 4.72. The van der Waals surface area contributed by atoms with Crippen molar-refractivity contribution in [1.82, 2.24) is 0 Å². The van der Waals surface area contributed by atoms with Gasteiger partial charge in [-0.25, -0.2) is 34.8 Å². The van der Waals surface area contributed by atoms with Crippen LogP contribution in [0.1, 0.15) is 11.1 Å². The molecule has 2 nitrogen and oxygen atoms in total. The van der Waals surface area contributed by atoms with Gasteiger partial charge in [0, 0.05) is 5.41 Å². The van der Waals surface area contributed by atoms with Crippen molar-refractivity contribution in [3.8, 4) is 0 Å². The molecule has 0 atom stereocenters. The summed E-state index contributed by atoms with van der Waals surface area (Å²) in [7, 11) is -4.09. The maximum Gasteiger partial charge on any atom is 0.200 e. The average Bonchev–Trinajstić information content (AvgIpc) is 2.53. The molecule has 0 aliphatic rings. The molecule has 9 heteroatoms. The van der Waals surface area contributed by atoms with E-state index in [4.69, 9.17) is 0 Å². The molecule has 128 valence electrons. The lowest BCUT2D eigenvalue weighted by Gasteiger charge is -2.04. The van der Waals surface area contributed by atoms with E-state index in [0.29, 0.717) is 5.41 Å². The van der Waals surface area contributed by atoms with Gasteiger partial charge in [-0.2, -0.15) is 0 Å². The molecule has 0 radical (unpaired) electrons. The molecule has 0 amide bonds. The van der Waals surface area contributed by atoms with Gasteiger partial charge in [0.05, 0.1) is 11.3 Å². The molecule has 24 heavy (non-hydrogen) atoms. The molecule has 0 aromatic heterocycles. The number of hydrogen-bond donors (Lipinski definition) is 0. The Labute approximate surface area is 133 Å². The van der Waals surface area contributed by atoms with Gasteiger partial charge in [0.1, 0.15) is 5.82 Å². The normalized spacial score (nSPS) is 12.1. The third-order valence-electron chi connectivity index (χ3n) is 2.97. The van der Waals surface area contributed by atoms with E-state index in [9.17, 15) is 34.8 Å². The molecule has 0 heterocycles. The van der Waals surface area contributed by atoms with Crippen molar-refractivity contribution in [1.29, 1.82) is 0 Å². The van der Waals surface area contributed by atoms with E-state index in [0.717, 1.165) is 12.1 Å². The molecule has 0 saturated carbocycles. The molecule has 0 unspecified atom stereocenters. The first-order valence-corrected chi connectivity index (χ1v) is 8.00. The fourth-order valence-electron chi connectivity index (χ4n) is 1.80. The zero-order valence-electron chi connectivity index (χ0n) is 11.7. The first kappa shape index (κ1) is 18.1. The summed E-state index contributed by atoms with van der Waals surface area (Å²) in [6.07, 6.45) is 0.287. The molecule has 2 aromatic rings. The lowest BCUT2D eigenvalue weighted by atomic mass is 10.1. The van der Waals surface area contributed by atoms with Crippen molar-refractivity contribution in [2.45, 2.75) is 5.75 Å². The molecular formula is C15H8F6O2S. The summed E-state index contributed by atoms with van der Waals surface area (Å²) in [6.45, 7) is 0. The molecule has 2 aromatic carbocycles. The molecule has 0 aliphatic carbocycles. The average molecular weight is 366 g/mol. The first-order chi connectivity index (χ1) is 11.1. The summed E-state index contributed by atoms with van der Waals surface area (Å²) in [5, 5.41) is 0.328. The minimum absolute atomic E-state index is 0.179. The molecule has 2 rings (SSSR count). The Morgan fingerprint density at radius 1 is 0.750 bits per heavy atom. The Bertz CT molecular complexity index is 876. The maximum absolute atomic E-state index is 13.4. The topological polar surface area (TPSA) is 34.1 Å². The summed E-state index contributed by atoms with van der Waals surface area (Å²) in [4.78, 5) is 0. The van der Waals surface area contributed by atoms with Gasteiger partial charge in [0.15, 0.2) is 33.1 Å². The number of rotatable bonds is 4. The molecule has 0 N–H and O–H groups in total. The van der Waals surface area contributed by atoms with Gasteiger partial charge in [-0.15, -0.1) is 0 Å². The SMILES string of the molecule is O=S(=O)(/C=C/c1c(F)c(F)c(F)c(F)c1F)Cc1ccc(F)cc1. The van der Waals surface area contributed by atoms with Crippen LogP contribution in [0.3, 0.4) is 0 Å². The van der Waals surface area contributed by atoms with E-state index in [1.807, 2.05) is 0 Å². The number of benzene rings is 2. The van der Waals surface area contributed by atoms with Crippen molar-refractivity contribution in [2.24, 2.45) is 0 Å². The van der Waals surface area contributed by atoms with Gasteiger partial charge in [-0.3, -0.25) is 0 Å². The Hall–Kier alpha value is -2.29. The summed E-state index contributed by atoms with van der Waals surface area (Å²) in [5.41, 5.74) is -1.19. The summed E-state index contributed by atoms with van der Waals surface area (Å²) in [6, 6.07) is 4.38. The molecule has 0 bridgehead atoms. The van der Waals surface area contributed by atoms with Crippen LogP contribution >= 0.6 is 0 Å². The maximum atomic E-state index is 13.4. The Morgan fingerprint density at radius 3 is 1.71 bits per heavy atom. The van der Waals surface area contributed by atoms with Gasteiger partial charge >= 0.3 is 0 Å². The predicted octanol–water partition coefficient (Wildman–Crippen LogP) is 4.11. The minimum atomic E-state index is -4.09. The first-order valence-electron chi connectivity index (χ1n) is 6.29. The largest absolute Gasteiger partial charge is 0.224 e. The Balaban J connectivity index is 2.35. The lowest BCUT2D eigenvalue weighted by molar-refractivity contribution is 0.377. The minimum Gasteiger partial charge on any atom is -0.224 e.